The number of carbonyl (C=O) groups excluding carboxylic acids is 1. The van der Waals surface area contributed by atoms with Crippen molar-refractivity contribution in [3.8, 4) is 5.75 Å². The molecule has 3 rings (SSSR count). The first kappa shape index (κ1) is 16.6. The summed E-state index contributed by atoms with van der Waals surface area (Å²) in [5.41, 5.74) is 1.07. The Kier molecular flexibility index (Phi) is 4.73. The predicted octanol–water partition coefficient (Wildman–Crippen LogP) is 1.86. The quantitative estimate of drug-likeness (QED) is 0.739. The van der Waals surface area contributed by atoms with Crippen LogP contribution in [0.15, 0.2) is 42.9 Å². The molecule has 0 saturated heterocycles. The highest BCUT2D eigenvalue weighted by Gasteiger charge is 2.11. The first-order chi connectivity index (χ1) is 12.0. The molecule has 9 heteroatoms. The van der Waals surface area contributed by atoms with Gasteiger partial charge in [0.2, 0.25) is 0 Å². The van der Waals surface area contributed by atoms with Crippen molar-refractivity contribution in [2.24, 2.45) is 7.05 Å². The second-order valence-electron chi connectivity index (χ2n) is 5.29. The molecule has 2 heterocycles. The van der Waals surface area contributed by atoms with Gasteiger partial charge in [-0.2, -0.15) is 10.2 Å². The Bertz CT molecular complexity index is 890. The molecule has 0 radical (unpaired) electrons. The first-order valence-electron chi connectivity index (χ1n) is 7.38. The van der Waals surface area contributed by atoms with Crippen molar-refractivity contribution in [2.75, 3.05) is 0 Å². The lowest BCUT2D eigenvalue weighted by molar-refractivity contribution is 0.0943. The van der Waals surface area contributed by atoms with Gasteiger partial charge in [0, 0.05) is 37.6 Å². The number of nitrogens with one attached hydrogen (secondary N) is 1. The summed E-state index contributed by atoms with van der Waals surface area (Å²) in [5.74, 6) is -1.94. The highest BCUT2D eigenvalue weighted by molar-refractivity contribution is 5.92. The van der Waals surface area contributed by atoms with Crippen molar-refractivity contribution < 1.29 is 18.3 Å². The third-order valence-corrected chi connectivity index (χ3v) is 3.33. The maximum Gasteiger partial charge on any atom is 0.272 e. The van der Waals surface area contributed by atoms with E-state index in [9.17, 15) is 13.6 Å². The standard InChI is InChI=1S/C16H15F2N5O2/c1-22-9-11(8-20-22)7-19-16(24)14-4-5-23(21-14)10-25-15-3-2-12(17)6-13(15)18/h2-6,8-9H,7,10H2,1H3,(H,19,24). The van der Waals surface area contributed by atoms with Crippen LogP contribution in [0.4, 0.5) is 8.78 Å². The fourth-order valence-electron chi connectivity index (χ4n) is 2.12. The summed E-state index contributed by atoms with van der Waals surface area (Å²) in [4.78, 5) is 12.0. The van der Waals surface area contributed by atoms with E-state index in [1.807, 2.05) is 0 Å². The van der Waals surface area contributed by atoms with E-state index in [0.29, 0.717) is 6.54 Å². The van der Waals surface area contributed by atoms with Crippen LogP contribution in [0.5, 0.6) is 5.75 Å². The zero-order valence-electron chi connectivity index (χ0n) is 13.3. The normalized spacial score (nSPS) is 10.7. The van der Waals surface area contributed by atoms with E-state index in [4.69, 9.17) is 4.74 Å². The summed E-state index contributed by atoms with van der Waals surface area (Å²) in [7, 11) is 1.79. The lowest BCUT2D eigenvalue weighted by Gasteiger charge is -2.07. The number of halogens is 2. The van der Waals surface area contributed by atoms with Gasteiger partial charge >= 0.3 is 0 Å². The Morgan fingerprint density at radius 2 is 2.16 bits per heavy atom. The molecule has 1 aromatic carbocycles. The smallest absolute Gasteiger partial charge is 0.272 e. The monoisotopic (exact) mass is 347 g/mol. The number of aromatic nitrogens is 4. The van der Waals surface area contributed by atoms with Crippen molar-refractivity contribution in [3.63, 3.8) is 0 Å². The van der Waals surface area contributed by atoms with Gasteiger partial charge in [-0.3, -0.25) is 9.48 Å². The van der Waals surface area contributed by atoms with E-state index in [2.05, 4.69) is 15.5 Å². The number of hydrogen-bond acceptors (Lipinski definition) is 4. The molecule has 0 aliphatic heterocycles. The summed E-state index contributed by atoms with van der Waals surface area (Å²) in [6, 6.07) is 4.53. The molecule has 2 aromatic heterocycles. The Balaban J connectivity index is 1.55. The van der Waals surface area contributed by atoms with Gasteiger partial charge in [-0.25, -0.2) is 13.5 Å². The van der Waals surface area contributed by atoms with Crippen LogP contribution in [0.25, 0.3) is 0 Å². The van der Waals surface area contributed by atoms with Gasteiger partial charge in [0.05, 0.1) is 6.20 Å². The highest BCUT2D eigenvalue weighted by Crippen LogP contribution is 2.17. The molecule has 0 fully saturated rings. The van der Waals surface area contributed by atoms with Gasteiger partial charge < -0.3 is 10.1 Å². The summed E-state index contributed by atoms with van der Waals surface area (Å²) < 4.78 is 34.5. The average molecular weight is 347 g/mol. The summed E-state index contributed by atoms with van der Waals surface area (Å²) >= 11 is 0. The third-order valence-electron chi connectivity index (χ3n) is 3.33. The van der Waals surface area contributed by atoms with E-state index in [1.165, 1.54) is 23.0 Å². The van der Waals surface area contributed by atoms with Crippen molar-refractivity contribution in [2.45, 2.75) is 13.3 Å². The van der Waals surface area contributed by atoms with E-state index < -0.39 is 11.6 Å². The number of nitrogens with zero attached hydrogens (tertiary/aromatic N) is 4. The number of aryl methyl sites for hydroxylation is 1. The molecule has 1 amide bonds. The van der Waals surface area contributed by atoms with Crippen molar-refractivity contribution in [1.82, 2.24) is 24.9 Å². The fourth-order valence-corrected chi connectivity index (χ4v) is 2.12. The maximum absolute atomic E-state index is 13.5. The number of ether oxygens (including phenoxy) is 1. The van der Waals surface area contributed by atoms with E-state index >= 15 is 0 Å². The van der Waals surface area contributed by atoms with Crippen LogP contribution in [-0.4, -0.2) is 25.5 Å². The predicted molar refractivity (Wildman–Crippen MR) is 83.6 cm³/mol. The average Bonchev–Trinajstić information content (AvgIpc) is 3.21. The Hall–Kier alpha value is -3.23. The molecule has 130 valence electrons. The van der Waals surface area contributed by atoms with Crippen LogP contribution < -0.4 is 10.1 Å². The van der Waals surface area contributed by atoms with Crippen molar-refractivity contribution in [3.05, 3.63) is 65.7 Å². The zero-order chi connectivity index (χ0) is 17.8. The van der Waals surface area contributed by atoms with Gasteiger partial charge in [-0.1, -0.05) is 0 Å². The molecule has 25 heavy (non-hydrogen) atoms. The lowest BCUT2D eigenvalue weighted by Crippen LogP contribution is -2.23. The SMILES string of the molecule is Cn1cc(CNC(=O)c2ccn(COc3ccc(F)cc3F)n2)cn1. The molecule has 0 aliphatic carbocycles. The number of carbonyl (C=O) groups is 1. The zero-order valence-corrected chi connectivity index (χ0v) is 13.3. The van der Waals surface area contributed by atoms with Crippen LogP contribution >= 0.6 is 0 Å². The minimum Gasteiger partial charge on any atom is -0.468 e. The molecular weight excluding hydrogens is 332 g/mol. The second kappa shape index (κ2) is 7.12. The lowest BCUT2D eigenvalue weighted by atomic mass is 10.3. The van der Waals surface area contributed by atoms with E-state index in [1.54, 1.807) is 24.1 Å². The molecule has 0 spiro atoms. The Labute approximate surface area is 141 Å². The number of amides is 1. The van der Waals surface area contributed by atoms with Crippen molar-refractivity contribution in [1.29, 1.82) is 0 Å². The number of rotatable bonds is 6. The summed E-state index contributed by atoms with van der Waals surface area (Å²) in [5, 5.41) is 10.8. The minimum absolute atomic E-state index is 0.0977. The fraction of sp³-hybridized carbons (Fsp3) is 0.188. The summed E-state index contributed by atoms with van der Waals surface area (Å²) in [6.07, 6.45) is 4.98. The van der Waals surface area contributed by atoms with Gasteiger partial charge in [0.1, 0.15) is 11.5 Å². The molecule has 0 unspecified atom stereocenters. The molecule has 0 atom stereocenters. The van der Waals surface area contributed by atoms with Gasteiger partial charge in [-0.15, -0.1) is 0 Å². The van der Waals surface area contributed by atoms with Gasteiger partial charge in [0.15, 0.2) is 18.3 Å². The second-order valence-corrected chi connectivity index (χ2v) is 5.29. The van der Waals surface area contributed by atoms with Crippen LogP contribution in [-0.2, 0) is 20.3 Å². The number of hydrogen-bond donors (Lipinski definition) is 1. The van der Waals surface area contributed by atoms with Crippen LogP contribution in [0.3, 0.4) is 0 Å². The Morgan fingerprint density at radius 3 is 2.88 bits per heavy atom. The maximum atomic E-state index is 13.5. The molecule has 7 nitrogen and oxygen atoms in total. The Morgan fingerprint density at radius 1 is 1.32 bits per heavy atom. The summed E-state index contributed by atoms with van der Waals surface area (Å²) in [6.45, 7) is 0.218. The van der Waals surface area contributed by atoms with Crippen molar-refractivity contribution >= 4 is 5.91 Å². The molecule has 0 saturated carbocycles. The molecular formula is C16H15F2N5O2. The molecule has 1 N–H and O–H groups in total. The van der Waals surface area contributed by atoms with E-state index in [0.717, 1.165) is 17.7 Å². The van der Waals surface area contributed by atoms with E-state index in [-0.39, 0.29) is 24.1 Å². The largest absolute Gasteiger partial charge is 0.468 e. The van der Waals surface area contributed by atoms with Gasteiger partial charge in [0.25, 0.3) is 5.91 Å². The minimum atomic E-state index is -0.804. The molecule has 0 bridgehead atoms. The highest BCUT2D eigenvalue weighted by atomic mass is 19.1. The topological polar surface area (TPSA) is 74.0 Å². The van der Waals surface area contributed by atoms with Crippen LogP contribution in [0.1, 0.15) is 16.1 Å². The third kappa shape index (κ3) is 4.19. The molecule has 3 aromatic rings. The van der Waals surface area contributed by atoms with Crippen LogP contribution in [0, 0.1) is 11.6 Å². The number of benzene rings is 1. The first-order valence-corrected chi connectivity index (χ1v) is 7.38. The van der Waals surface area contributed by atoms with Gasteiger partial charge in [-0.05, 0) is 18.2 Å². The van der Waals surface area contributed by atoms with Crippen LogP contribution in [0.2, 0.25) is 0 Å². The molecule has 0 aliphatic rings.